The number of carbonyl (C=O) groups excluding carboxylic acids is 1. The standard InChI is InChI=1S/C18H14N4O2/c1-12-8-14(9-19)2-4-15(12)16-10-21-22(18(16)24)17-5-3-13(11-23)6-7-20-17/h2-6,8,10-11,21H,7H2,1H3. The van der Waals surface area contributed by atoms with E-state index < -0.39 is 0 Å². The Balaban J connectivity index is 2.02. The van der Waals surface area contributed by atoms with Crippen LogP contribution in [0.15, 0.2) is 58.0 Å². The van der Waals surface area contributed by atoms with E-state index in [-0.39, 0.29) is 5.56 Å². The van der Waals surface area contributed by atoms with Crippen LogP contribution in [0.25, 0.3) is 11.1 Å². The van der Waals surface area contributed by atoms with Crippen molar-refractivity contribution in [1.29, 1.82) is 5.26 Å². The van der Waals surface area contributed by atoms with Gasteiger partial charge in [0.05, 0.1) is 23.7 Å². The van der Waals surface area contributed by atoms with Crippen LogP contribution >= 0.6 is 0 Å². The first-order valence-electron chi connectivity index (χ1n) is 7.34. The summed E-state index contributed by atoms with van der Waals surface area (Å²) >= 11 is 0. The number of aldehydes is 1. The molecule has 24 heavy (non-hydrogen) atoms. The van der Waals surface area contributed by atoms with Crippen LogP contribution in [0.5, 0.6) is 0 Å². The zero-order valence-corrected chi connectivity index (χ0v) is 13.0. The molecule has 0 unspecified atom stereocenters. The van der Waals surface area contributed by atoms with E-state index in [1.165, 1.54) is 4.68 Å². The monoisotopic (exact) mass is 318 g/mol. The van der Waals surface area contributed by atoms with E-state index in [1.54, 1.807) is 42.6 Å². The van der Waals surface area contributed by atoms with Crippen LogP contribution in [0, 0.1) is 18.3 Å². The highest BCUT2D eigenvalue weighted by molar-refractivity contribution is 5.97. The number of aliphatic imine (C=N–C) groups is 1. The SMILES string of the molecule is Cc1cc(C#N)ccc1-c1c[nH]n(C2=NCC=C(C=O)C=C2)c1=O. The van der Waals surface area contributed by atoms with Gasteiger partial charge in [0.15, 0.2) is 5.84 Å². The predicted molar refractivity (Wildman–Crippen MR) is 90.9 cm³/mol. The average Bonchev–Trinajstić information content (AvgIpc) is 2.82. The fraction of sp³-hybridized carbons (Fsp3) is 0.111. The van der Waals surface area contributed by atoms with Crippen LogP contribution in [0.3, 0.4) is 0 Å². The Kier molecular flexibility index (Phi) is 4.08. The molecule has 1 aliphatic rings. The molecule has 0 saturated heterocycles. The highest BCUT2D eigenvalue weighted by atomic mass is 16.1. The fourth-order valence-electron chi connectivity index (χ4n) is 2.54. The minimum Gasteiger partial charge on any atom is -0.298 e. The van der Waals surface area contributed by atoms with Gasteiger partial charge in [0.2, 0.25) is 0 Å². The summed E-state index contributed by atoms with van der Waals surface area (Å²) in [7, 11) is 0. The summed E-state index contributed by atoms with van der Waals surface area (Å²) in [5.74, 6) is 0.436. The number of aryl methyl sites for hydroxylation is 1. The molecule has 0 saturated carbocycles. The van der Waals surface area contributed by atoms with E-state index in [4.69, 9.17) is 5.26 Å². The van der Waals surface area contributed by atoms with E-state index in [0.29, 0.717) is 29.1 Å². The molecule has 0 radical (unpaired) electrons. The van der Waals surface area contributed by atoms with Crippen molar-refractivity contribution in [3.05, 3.63) is 69.7 Å². The number of benzene rings is 1. The van der Waals surface area contributed by atoms with Crippen LogP contribution in [-0.2, 0) is 4.79 Å². The van der Waals surface area contributed by atoms with Crippen molar-refractivity contribution in [2.75, 3.05) is 6.54 Å². The molecule has 0 bridgehead atoms. The quantitative estimate of drug-likeness (QED) is 0.858. The van der Waals surface area contributed by atoms with Gasteiger partial charge < -0.3 is 0 Å². The van der Waals surface area contributed by atoms with E-state index in [0.717, 1.165) is 17.4 Å². The third-order valence-corrected chi connectivity index (χ3v) is 3.79. The number of carbonyl (C=O) groups is 1. The average molecular weight is 318 g/mol. The maximum absolute atomic E-state index is 12.7. The van der Waals surface area contributed by atoms with E-state index >= 15 is 0 Å². The van der Waals surface area contributed by atoms with Gasteiger partial charge in [-0.1, -0.05) is 12.1 Å². The lowest BCUT2D eigenvalue weighted by atomic mass is 10.0. The molecule has 2 heterocycles. The molecule has 0 aliphatic carbocycles. The van der Waals surface area contributed by atoms with Gasteiger partial charge in [-0.25, -0.2) is 4.68 Å². The normalized spacial score (nSPS) is 13.7. The van der Waals surface area contributed by atoms with E-state index in [9.17, 15) is 9.59 Å². The number of aromatic nitrogens is 2. The number of nitrogens with one attached hydrogen (secondary N) is 1. The molecule has 0 spiro atoms. The van der Waals surface area contributed by atoms with Gasteiger partial charge in [-0.15, -0.1) is 0 Å². The van der Waals surface area contributed by atoms with E-state index in [1.807, 2.05) is 6.92 Å². The molecule has 1 aromatic heterocycles. The Hall–Kier alpha value is -3.46. The first kappa shape index (κ1) is 15.4. The van der Waals surface area contributed by atoms with Gasteiger partial charge in [0.1, 0.15) is 6.29 Å². The molecule has 118 valence electrons. The molecule has 1 N–H and O–H groups in total. The molecule has 6 heteroatoms. The summed E-state index contributed by atoms with van der Waals surface area (Å²) in [6.07, 6.45) is 7.31. The van der Waals surface area contributed by atoms with Crippen molar-refractivity contribution in [3.63, 3.8) is 0 Å². The minimum atomic E-state index is -0.235. The molecule has 2 aromatic rings. The van der Waals surface area contributed by atoms with Crippen LogP contribution in [0.1, 0.15) is 11.1 Å². The summed E-state index contributed by atoms with van der Waals surface area (Å²) in [6.45, 7) is 2.18. The first-order chi connectivity index (χ1) is 11.6. The van der Waals surface area contributed by atoms with Crippen molar-refractivity contribution in [1.82, 2.24) is 9.78 Å². The van der Waals surface area contributed by atoms with Gasteiger partial charge >= 0.3 is 0 Å². The summed E-state index contributed by atoms with van der Waals surface area (Å²) in [5, 5.41) is 11.9. The maximum atomic E-state index is 12.7. The number of hydrogen-bond donors (Lipinski definition) is 1. The second-order valence-corrected chi connectivity index (χ2v) is 5.32. The number of nitrogens with zero attached hydrogens (tertiary/aromatic N) is 3. The lowest BCUT2D eigenvalue weighted by Crippen LogP contribution is -2.24. The van der Waals surface area contributed by atoms with Gasteiger partial charge in [-0.2, -0.15) is 5.26 Å². The van der Waals surface area contributed by atoms with Crippen LogP contribution < -0.4 is 5.56 Å². The zero-order valence-electron chi connectivity index (χ0n) is 13.0. The number of allylic oxidation sites excluding steroid dienone is 3. The number of nitriles is 1. The number of rotatable bonds is 2. The van der Waals surface area contributed by atoms with Crippen LogP contribution in [0.4, 0.5) is 0 Å². The van der Waals surface area contributed by atoms with Gasteiger partial charge in [-0.05, 0) is 42.3 Å². The fourth-order valence-corrected chi connectivity index (χ4v) is 2.54. The minimum absolute atomic E-state index is 0.235. The second-order valence-electron chi connectivity index (χ2n) is 5.32. The molecular weight excluding hydrogens is 304 g/mol. The first-order valence-corrected chi connectivity index (χ1v) is 7.34. The Morgan fingerprint density at radius 2 is 2.17 bits per heavy atom. The Bertz CT molecular complexity index is 997. The molecule has 0 atom stereocenters. The van der Waals surface area contributed by atoms with Crippen molar-refractivity contribution in [3.8, 4) is 17.2 Å². The molecule has 6 nitrogen and oxygen atoms in total. The Labute approximate surface area is 138 Å². The largest absolute Gasteiger partial charge is 0.298 e. The molecule has 3 rings (SSSR count). The number of H-pyrrole nitrogens is 1. The molecule has 1 aliphatic heterocycles. The topological polar surface area (TPSA) is 91.0 Å². The summed E-state index contributed by atoms with van der Waals surface area (Å²) < 4.78 is 1.34. The lowest BCUT2D eigenvalue weighted by Gasteiger charge is -2.03. The lowest BCUT2D eigenvalue weighted by molar-refractivity contribution is -0.104. The van der Waals surface area contributed by atoms with Gasteiger partial charge in [0, 0.05) is 11.8 Å². The van der Waals surface area contributed by atoms with Crippen molar-refractivity contribution in [2.24, 2.45) is 4.99 Å². The smallest absolute Gasteiger partial charge is 0.280 e. The maximum Gasteiger partial charge on any atom is 0.280 e. The van der Waals surface area contributed by atoms with E-state index in [2.05, 4.69) is 16.2 Å². The molecule has 0 amide bonds. The summed E-state index contributed by atoms with van der Waals surface area (Å²) in [5.41, 5.74) is 2.95. The zero-order chi connectivity index (χ0) is 17.1. The van der Waals surface area contributed by atoms with Crippen molar-refractivity contribution >= 4 is 12.1 Å². The molecule has 0 fully saturated rings. The third kappa shape index (κ3) is 2.75. The summed E-state index contributed by atoms with van der Waals surface area (Å²) in [6, 6.07) is 7.27. The molecule has 1 aromatic carbocycles. The van der Waals surface area contributed by atoms with Gasteiger partial charge in [0.25, 0.3) is 5.56 Å². The second kappa shape index (κ2) is 6.34. The Morgan fingerprint density at radius 3 is 2.88 bits per heavy atom. The summed E-state index contributed by atoms with van der Waals surface area (Å²) in [4.78, 5) is 27.8. The van der Waals surface area contributed by atoms with Crippen molar-refractivity contribution < 1.29 is 4.79 Å². The molecular formula is C18H14N4O2. The van der Waals surface area contributed by atoms with Crippen LogP contribution in [-0.4, -0.2) is 28.4 Å². The van der Waals surface area contributed by atoms with Gasteiger partial charge in [-0.3, -0.25) is 19.7 Å². The highest BCUT2D eigenvalue weighted by Gasteiger charge is 2.14. The number of aromatic amines is 1. The van der Waals surface area contributed by atoms with Crippen molar-refractivity contribution in [2.45, 2.75) is 6.92 Å². The highest BCUT2D eigenvalue weighted by Crippen LogP contribution is 2.21. The Morgan fingerprint density at radius 1 is 1.33 bits per heavy atom. The third-order valence-electron chi connectivity index (χ3n) is 3.79. The predicted octanol–water partition coefficient (Wildman–Crippen LogP) is 1.97. The van der Waals surface area contributed by atoms with Crippen LogP contribution in [0.2, 0.25) is 0 Å². The number of hydrogen-bond acceptors (Lipinski definition) is 4.